The summed E-state index contributed by atoms with van der Waals surface area (Å²) in [5.74, 6) is -0.444. The summed E-state index contributed by atoms with van der Waals surface area (Å²) >= 11 is 0. The number of nitrogens with two attached hydrogens (primary N) is 1. The van der Waals surface area contributed by atoms with E-state index in [1.807, 2.05) is 13.8 Å². The number of carbonyl (C=O) groups is 1. The number of aromatic nitrogens is 2. The summed E-state index contributed by atoms with van der Waals surface area (Å²) in [5, 5.41) is 4.05. The van der Waals surface area contributed by atoms with E-state index in [0.717, 1.165) is 6.42 Å². The Balaban J connectivity index is 3.12. The Morgan fingerprint density at radius 1 is 1.79 bits per heavy atom. The predicted molar refractivity (Wildman–Crippen MR) is 53.0 cm³/mol. The van der Waals surface area contributed by atoms with Gasteiger partial charge in [0.25, 0.3) is 0 Å². The first-order chi connectivity index (χ1) is 6.61. The molecule has 0 aliphatic rings. The lowest BCUT2D eigenvalue weighted by molar-refractivity contribution is 0.0585. The summed E-state index contributed by atoms with van der Waals surface area (Å²) < 4.78 is 6.23. The van der Waals surface area contributed by atoms with Crippen molar-refractivity contribution in [3.05, 3.63) is 11.9 Å². The minimum atomic E-state index is -0.444. The number of methoxy groups -OCH3 is 1. The Labute approximate surface area is 82.8 Å². The first-order valence-corrected chi connectivity index (χ1v) is 4.53. The second-order valence-corrected chi connectivity index (χ2v) is 3.14. The van der Waals surface area contributed by atoms with Crippen LogP contribution in [0.2, 0.25) is 0 Å². The SMILES string of the molecule is CCC(C)n1ncc(N)c1C(=O)OC. The zero-order chi connectivity index (χ0) is 10.7. The molecule has 0 aliphatic heterocycles. The monoisotopic (exact) mass is 197 g/mol. The summed E-state index contributed by atoms with van der Waals surface area (Å²) in [6, 6.07) is 0.140. The van der Waals surface area contributed by atoms with E-state index in [9.17, 15) is 4.79 Å². The van der Waals surface area contributed by atoms with Gasteiger partial charge in [-0.05, 0) is 13.3 Å². The van der Waals surface area contributed by atoms with Crippen LogP contribution in [0.5, 0.6) is 0 Å². The van der Waals surface area contributed by atoms with Crippen molar-refractivity contribution >= 4 is 11.7 Å². The predicted octanol–water partition coefficient (Wildman–Crippen LogP) is 1.22. The number of rotatable bonds is 3. The topological polar surface area (TPSA) is 70.1 Å². The Morgan fingerprint density at radius 3 is 2.93 bits per heavy atom. The van der Waals surface area contributed by atoms with Gasteiger partial charge in [-0.25, -0.2) is 4.79 Å². The first kappa shape index (κ1) is 10.6. The van der Waals surface area contributed by atoms with Crippen molar-refractivity contribution in [2.75, 3.05) is 12.8 Å². The van der Waals surface area contributed by atoms with E-state index < -0.39 is 5.97 Å². The zero-order valence-corrected chi connectivity index (χ0v) is 8.65. The van der Waals surface area contributed by atoms with Gasteiger partial charge in [-0.15, -0.1) is 0 Å². The lowest BCUT2D eigenvalue weighted by Crippen LogP contribution is -2.16. The molecule has 78 valence electrons. The molecule has 14 heavy (non-hydrogen) atoms. The Kier molecular flexibility index (Phi) is 3.11. The van der Waals surface area contributed by atoms with Crippen LogP contribution < -0.4 is 5.73 Å². The number of hydrogen-bond acceptors (Lipinski definition) is 4. The third-order valence-corrected chi connectivity index (χ3v) is 2.21. The molecule has 0 saturated carbocycles. The fourth-order valence-corrected chi connectivity index (χ4v) is 1.19. The number of hydrogen-bond donors (Lipinski definition) is 1. The normalized spacial score (nSPS) is 12.5. The Hall–Kier alpha value is -1.52. The van der Waals surface area contributed by atoms with Gasteiger partial charge in [0, 0.05) is 6.04 Å². The first-order valence-electron chi connectivity index (χ1n) is 4.53. The van der Waals surface area contributed by atoms with Crippen molar-refractivity contribution in [1.29, 1.82) is 0 Å². The molecule has 0 aliphatic carbocycles. The van der Waals surface area contributed by atoms with E-state index in [0.29, 0.717) is 11.4 Å². The summed E-state index contributed by atoms with van der Waals surface area (Å²) in [6.45, 7) is 3.99. The van der Waals surface area contributed by atoms with Gasteiger partial charge in [-0.3, -0.25) is 4.68 Å². The average Bonchev–Trinajstić information content (AvgIpc) is 2.58. The highest BCUT2D eigenvalue weighted by Crippen LogP contribution is 2.18. The molecule has 2 N–H and O–H groups in total. The lowest BCUT2D eigenvalue weighted by atomic mass is 10.2. The number of ether oxygens (including phenoxy) is 1. The van der Waals surface area contributed by atoms with Crippen molar-refractivity contribution in [3.8, 4) is 0 Å². The van der Waals surface area contributed by atoms with Gasteiger partial charge in [0.05, 0.1) is 19.0 Å². The van der Waals surface area contributed by atoms with Gasteiger partial charge >= 0.3 is 5.97 Å². The van der Waals surface area contributed by atoms with E-state index >= 15 is 0 Å². The number of nitrogen functional groups attached to an aromatic ring is 1. The zero-order valence-electron chi connectivity index (χ0n) is 8.65. The molecule has 0 amide bonds. The number of esters is 1. The van der Waals surface area contributed by atoms with Crippen LogP contribution >= 0.6 is 0 Å². The van der Waals surface area contributed by atoms with Crippen LogP contribution in [0.25, 0.3) is 0 Å². The second kappa shape index (κ2) is 4.13. The van der Waals surface area contributed by atoms with E-state index in [1.54, 1.807) is 4.68 Å². The van der Waals surface area contributed by atoms with Crippen LogP contribution in [0.3, 0.4) is 0 Å². The molecule has 1 unspecified atom stereocenters. The molecule has 1 atom stereocenters. The number of nitrogens with zero attached hydrogens (tertiary/aromatic N) is 2. The van der Waals surface area contributed by atoms with Gasteiger partial charge < -0.3 is 10.5 Å². The van der Waals surface area contributed by atoms with Gasteiger partial charge in [0.1, 0.15) is 0 Å². The van der Waals surface area contributed by atoms with Crippen LogP contribution in [-0.2, 0) is 4.74 Å². The van der Waals surface area contributed by atoms with Crippen molar-refractivity contribution in [2.45, 2.75) is 26.3 Å². The summed E-state index contributed by atoms with van der Waals surface area (Å²) in [4.78, 5) is 11.4. The highest BCUT2D eigenvalue weighted by molar-refractivity contribution is 5.93. The molecule has 0 spiro atoms. The maximum atomic E-state index is 11.4. The molecular formula is C9H15N3O2. The van der Waals surface area contributed by atoms with E-state index in [2.05, 4.69) is 9.84 Å². The molecule has 0 aromatic carbocycles. The Bertz CT molecular complexity index is 333. The van der Waals surface area contributed by atoms with Crippen molar-refractivity contribution < 1.29 is 9.53 Å². The average molecular weight is 197 g/mol. The molecule has 0 saturated heterocycles. The fourth-order valence-electron chi connectivity index (χ4n) is 1.19. The summed E-state index contributed by atoms with van der Waals surface area (Å²) in [6.07, 6.45) is 2.35. The van der Waals surface area contributed by atoms with Crippen molar-refractivity contribution in [3.63, 3.8) is 0 Å². The van der Waals surface area contributed by atoms with Gasteiger partial charge in [0.2, 0.25) is 0 Å². The highest BCUT2D eigenvalue weighted by atomic mass is 16.5. The molecule has 1 aromatic heterocycles. The molecule has 1 aromatic rings. The van der Waals surface area contributed by atoms with Gasteiger partial charge in [0.15, 0.2) is 5.69 Å². The minimum Gasteiger partial charge on any atom is -0.464 e. The summed E-state index contributed by atoms with van der Waals surface area (Å²) in [7, 11) is 1.33. The third-order valence-electron chi connectivity index (χ3n) is 2.21. The fraction of sp³-hybridized carbons (Fsp3) is 0.556. The molecule has 0 bridgehead atoms. The maximum absolute atomic E-state index is 11.4. The third kappa shape index (κ3) is 1.71. The van der Waals surface area contributed by atoms with Gasteiger partial charge in [-0.2, -0.15) is 5.10 Å². The molecule has 5 heteroatoms. The largest absolute Gasteiger partial charge is 0.464 e. The van der Waals surface area contributed by atoms with Crippen molar-refractivity contribution in [1.82, 2.24) is 9.78 Å². The number of carbonyl (C=O) groups excluding carboxylic acids is 1. The minimum absolute atomic E-state index is 0.140. The van der Waals surface area contributed by atoms with Crippen LogP contribution in [0.15, 0.2) is 6.20 Å². The quantitative estimate of drug-likeness (QED) is 0.740. The van der Waals surface area contributed by atoms with Crippen LogP contribution in [0, 0.1) is 0 Å². The highest BCUT2D eigenvalue weighted by Gasteiger charge is 2.19. The molecular weight excluding hydrogens is 182 g/mol. The van der Waals surface area contributed by atoms with Gasteiger partial charge in [-0.1, -0.05) is 6.92 Å². The summed E-state index contributed by atoms with van der Waals surface area (Å²) in [5.41, 5.74) is 6.32. The molecule has 1 heterocycles. The molecule has 5 nitrogen and oxygen atoms in total. The number of anilines is 1. The standard InChI is InChI=1S/C9H15N3O2/c1-4-6(2)12-8(9(13)14-3)7(10)5-11-12/h5-6H,4,10H2,1-3H3. The maximum Gasteiger partial charge on any atom is 0.358 e. The smallest absolute Gasteiger partial charge is 0.358 e. The van der Waals surface area contributed by atoms with Crippen LogP contribution in [0.4, 0.5) is 5.69 Å². The molecule has 1 rings (SSSR count). The van der Waals surface area contributed by atoms with Crippen molar-refractivity contribution in [2.24, 2.45) is 0 Å². The van der Waals surface area contributed by atoms with E-state index in [1.165, 1.54) is 13.3 Å². The van der Waals surface area contributed by atoms with E-state index in [4.69, 9.17) is 5.73 Å². The lowest BCUT2D eigenvalue weighted by Gasteiger charge is -2.12. The molecule has 0 fully saturated rings. The molecule has 0 radical (unpaired) electrons. The Morgan fingerprint density at radius 2 is 2.43 bits per heavy atom. The van der Waals surface area contributed by atoms with Crippen LogP contribution in [-0.4, -0.2) is 22.9 Å². The van der Waals surface area contributed by atoms with E-state index in [-0.39, 0.29) is 6.04 Å². The van der Waals surface area contributed by atoms with Crippen LogP contribution in [0.1, 0.15) is 36.8 Å². The second-order valence-electron chi connectivity index (χ2n) is 3.14.